The van der Waals surface area contributed by atoms with Crippen molar-refractivity contribution < 1.29 is 13.5 Å². The lowest BCUT2D eigenvalue weighted by Crippen LogP contribution is -2.20. The molecule has 2 N–H and O–H groups in total. The summed E-state index contributed by atoms with van der Waals surface area (Å²) in [5, 5.41) is 13.2. The summed E-state index contributed by atoms with van der Waals surface area (Å²) in [6, 6.07) is 13.2. The van der Waals surface area contributed by atoms with Crippen molar-refractivity contribution >= 4 is 15.7 Å². The third-order valence-corrected chi connectivity index (χ3v) is 4.72. The number of nitrogens with one attached hydrogen (secondary N) is 1. The van der Waals surface area contributed by atoms with Crippen molar-refractivity contribution in [3.05, 3.63) is 59.7 Å². The van der Waals surface area contributed by atoms with E-state index in [1.54, 1.807) is 31.2 Å². The molecule has 0 aliphatic carbocycles. The number of hydrogen-bond acceptors (Lipinski definition) is 4. The van der Waals surface area contributed by atoms with Gasteiger partial charge in [-0.25, -0.2) is 0 Å². The van der Waals surface area contributed by atoms with Gasteiger partial charge < -0.3 is 5.11 Å². The Kier molecular flexibility index (Phi) is 5.62. The zero-order valence-electron chi connectivity index (χ0n) is 14.0. The van der Waals surface area contributed by atoms with E-state index in [0.717, 1.165) is 17.5 Å². The lowest BCUT2D eigenvalue weighted by Gasteiger charge is -2.08. The fraction of sp³-hybridized carbons (Fsp3) is 0.278. The molecule has 2 aromatic carbocycles. The van der Waals surface area contributed by atoms with Crippen LogP contribution in [0.25, 0.3) is 0 Å². The monoisotopic (exact) mass is 346 g/mol. The quantitative estimate of drug-likeness (QED) is 0.622. The molecule has 0 amide bonds. The van der Waals surface area contributed by atoms with E-state index in [4.69, 9.17) is 0 Å². The van der Waals surface area contributed by atoms with Gasteiger partial charge in [-0.1, -0.05) is 26.0 Å². The number of aromatic hydroxyl groups is 1. The molecular formula is C18H22N2O3S. The molecule has 0 unspecified atom stereocenters. The van der Waals surface area contributed by atoms with Gasteiger partial charge in [-0.3, -0.25) is 0 Å². The van der Waals surface area contributed by atoms with Crippen molar-refractivity contribution in [3.63, 3.8) is 0 Å². The molecule has 0 aromatic heterocycles. The smallest absolute Gasteiger partial charge is 0.276 e. The molecule has 0 saturated heterocycles. The lowest BCUT2D eigenvalue weighted by molar-refractivity contribution is 0.475. The second-order valence-corrected chi connectivity index (χ2v) is 7.74. The molecule has 2 aromatic rings. The molecule has 0 atom stereocenters. The number of rotatable bonds is 6. The molecule has 24 heavy (non-hydrogen) atoms. The fourth-order valence-electron chi connectivity index (χ4n) is 2.22. The van der Waals surface area contributed by atoms with Crippen LogP contribution in [0.3, 0.4) is 0 Å². The molecule has 0 aliphatic rings. The number of nitrogens with zero attached hydrogens (tertiary/aromatic N) is 1. The van der Waals surface area contributed by atoms with Gasteiger partial charge in [-0.2, -0.15) is 18.4 Å². The predicted molar refractivity (Wildman–Crippen MR) is 95.6 cm³/mol. The molecule has 5 nitrogen and oxygen atoms in total. The van der Waals surface area contributed by atoms with Gasteiger partial charge >= 0.3 is 0 Å². The van der Waals surface area contributed by atoms with E-state index in [1.807, 2.05) is 12.1 Å². The average molecular weight is 346 g/mol. The zero-order chi connectivity index (χ0) is 17.7. The van der Waals surface area contributed by atoms with Crippen LogP contribution < -0.4 is 4.83 Å². The summed E-state index contributed by atoms with van der Waals surface area (Å²) < 4.78 is 24.6. The summed E-state index contributed by atoms with van der Waals surface area (Å²) in [5.74, 6) is 0.664. The van der Waals surface area contributed by atoms with Crippen molar-refractivity contribution in [1.29, 1.82) is 0 Å². The van der Waals surface area contributed by atoms with Gasteiger partial charge in [0.25, 0.3) is 10.0 Å². The Morgan fingerprint density at radius 1 is 1.08 bits per heavy atom. The van der Waals surface area contributed by atoms with E-state index in [0.29, 0.717) is 11.6 Å². The van der Waals surface area contributed by atoms with E-state index in [9.17, 15) is 13.5 Å². The van der Waals surface area contributed by atoms with Gasteiger partial charge in [0.15, 0.2) is 0 Å². The van der Waals surface area contributed by atoms with Crippen LogP contribution in [0, 0.1) is 5.92 Å². The third-order valence-electron chi connectivity index (χ3n) is 3.50. The third kappa shape index (κ3) is 4.83. The summed E-state index contributed by atoms with van der Waals surface area (Å²) >= 11 is 0. The van der Waals surface area contributed by atoms with E-state index in [2.05, 4.69) is 23.8 Å². The SMILES string of the molecule is CC(=NNS(=O)(=O)c1ccc(CC(C)C)cc1)c1ccc(O)cc1. The Labute approximate surface area is 143 Å². The van der Waals surface area contributed by atoms with Gasteiger partial charge in [-0.05, 0) is 66.8 Å². The normalized spacial score (nSPS) is 12.4. The average Bonchev–Trinajstić information content (AvgIpc) is 2.53. The zero-order valence-corrected chi connectivity index (χ0v) is 14.8. The number of sulfonamides is 1. The molecule has 0 bridgehead atoms. The van der Waals surface area contributed by atoms with Crippen molar-refractivity contribution in [2.45, 2.75) is 32.1 Å². The Morgan fingerprint density at radius 3 is 2.21 bits per heavy atom. The number of benzene rings is 2. The van der Waals surface area contributed by atoms with Crippen LogP contribution in [0.5, 0.6) is 5.75 Å². The summed E-state index contributed by atoms with van der Waals surface area (Å²) in [5.41, 5.74) is 2.34. The minimum absolute atomic E-state index is 0.147. The van der Waals surface area contributed by atoms with Crippen LogP contribution in [-0.2, 0) is 16.4 Å². The highest BCUT2D eigenvalue weighted by Crippen LogP contribution is 2.14. The van der Waals surface area contributed by atoms with Crippen molar-refractivity contribution in [1.82, 2.24) is 4.83 Å². The van der Waals surface area contributed by atoms with Gasteiger partial charge in [-0.15, -0.1) is 0 Å². The predicted octanol–water partition coefficient (Wildman–Crippen LogP) is 3.29. The molecule has 0 spiro atoms. The number of phenolic OH excluding ortho intramolecular Hbond substituents is 1. The van der Waals surface area contributed by atoms with Crippen LogP contribution >= 0.6 is 0 Å². The largest absolute Gasteiger partial charge is 0.508 e. The maximum atomic E-state index is 12.3. The molecular weight excluding hydrogens is 324 g/mol. The minimum Gasteiger partial charge on any atom is -0.508 e. The molecule has 0 fully saturated rings. The van der Waals surface area contributed by atoms with E-state index >= 15 is 0 Å². The molecule has 2 rings (SSSR count). The maximum absolute atomic E-state index is 12.3. The molecule has 6 heteroatoms. The highest BCUT2D eigenvalue weighted by Gasteiger charge is 2.13. The summed E-state index contributed by atoms with van der Waals surface area (Å²) in [4.78, 5) is 2.42. The van der Waals surface area contributed by atoms with Crippen molar-refractivity contribution in [3.8, 4) is 5.75 Å². The van der Waals surface area contributed by atoms with E-state index in [1.165, 1.54) is 12.1 Å². The van der Waals surface area contributed by atoms with Crippen molar-refractivity contribution in [2.24, 2.45) is 11.0 Å². The number of hydrogen-bond donors (Lipinski definition) is 2. The van der Waals surface area contributed by atoms with E-state index in [-0.39, 0.29) is 10.6 Å². The molecule has 0 radical (unpaired) electrons. The first-order valence-corrected chi connectivity index (χ1v) is 9.20. The summed E-state index contributed by atoms with van der Waals surface area (Å²) in [7, 11) is -3.70. The Balaban J connectivity index is 2.12. The molecule has 0 saturated carbocycles. The van der Waals surface area contributed by atoms with Gasteiger partial charge in [0.1, 0.15) is 5.75 Å². The lowest BCUT2D eigenvalue weighted by atomic mass is 10.0. The van der Waals surface area contributed by atoms with Crippen molar-refractivity contribution in [2.75, 3.05) is 0 Å². The summed E-state index contributed by atoms with van der Waals surface area (Å²) in [6.45, 7) is 5.93. The van der Waals surface area contributed by atoms with E-state index < -0.39 is 10.0 Å². The molecule has 0 aliphatic heterocycles. The van der Waals surface area contributed by atoms with Crippen LogP contribution in [-0.4, -0.2) is 19.2 Å². The van der Waals surface area contributed by atoms with Gasteiger partial charge in [0, 0.05) is 0 Å². The van der Waals surface area contributed by atoms with Crippen LogP contribution in [0.15, 0.2) is 58.5 Å². The Hall–Kier alpha value is -2.34. The highest BCUT2D eigenvalue weighted by atomic mass is 32.2. The van der Waals surface area contributed by atoms with Crippen LogP contribution in [0.4, 0.5) is 0 Å². The fourth-order valence-corrected chi connectivity index (χ4v) is 3.08. The first-order chi connectivity index (χ1) is 11.3. The number of hydrazone groups is 1. The van der Waals surface area contributed by atoms with Crippen LogP contribution in [0.1, 0.15) is 31.9 Å². The maximum Gasteiger partial charge on any atom is 0.276 e. The second kappa shape index (κ2) is 7.49. The van der Waals surface area contributed by atoms with Gasteiger partial charge in [0.2, 0.25) is 0 Å². The standard InChI is InChI=1S/C18H22N2O3S/c1-13(2)12-15-4-10-18(11-5-15)24(22,23)20-19-14(3)16-6-8-17(21)9-7-16/h4-11,13,20-21H,12H2,1-3H3. The number of phenols is 1. The van der Waals surface area contributed by atoms with Crippen LogP contribution in [0.2, 0.25) is 0 Å². The molecule has 128 valence electrons. The highest BCUT2D eigenvalue weighted by molar-refractivity contribution is 7.89. The Morgan fingerprint density at radius 2 is 1.67 bits per heavy atom. The topological polar surface area (TPSA) is 78.8 Å². The minimum atomic E-state index is -3.70. The Bertz CT molecular complexity index is 808. The first-order valence-electron chi connectivity index (χ1n) is 7.72. The molecule has 0 heterocycles. The van der Waals surface area contributed by atoms with Gasteiger partial charge in [0.05, 0.1) is 10.6 Å². The first kappa shape index (κ1) is 18.0. The second-order valence-electron chi connectivity index (χ2n) is 6.08. The summed E-state index contributed by atoms with van der Waals surface area (Å²) in [6.07, 6.45) is 0.909.